The highest BCUT2D eigenvalue weighted by atomic mass is 16.4. The van der Waals surface area contributed by atoms with Crippen LogP contribution in [0.4, 0.5) is 0 Å². The fraction of sp³-hybridized carbons (Fsp3) is 0.438. The van der Waals surface area contributed by atoms with Gasteiger partial charge in [0.2, 0.25) is 0 Å². The van der Waals surface area contributed by atoms with E-state index in [1.54, 1.807) is 24.3 Å². The molecular formula is C16H18N2O4. The SMILES string of the molecule is O=C(NC1CC1)c1ccc(C(=O)N2CCC[C@@H]2C(=O)O)cc1. The molecule has 116 valence electrons. The molecule has 2 N–H and O–H groups in total. The number of aliphatic carboxylic acids is 1. The number of carbonyl (C=O) groups excluding carboxylic acids is 2. The van der Waals surface area contributed by atoms with Crippen molar-refractivity contribution in [2.24, 2.45) is 0 Å². The second kappa shape index (κ2) is 5.79. The van der Waals surface area contributed by atoms with Gasteiger partial charge >= 0.3 is 5.97 Å². The Balaban J connectivity index is 1.70. The standard InChI is InChI=1S/C16H18N2O4/c19-14(17-12-7-8-12)10-3-5-11(6-4-10)15(20)18-9-1-2-13(18)16(21)22/h3-6,12-13H,1-2,7-9H2,(H,17,19)(H,21,22)/t13-/m1/s1. The summed E-state index contributed by atoms with van der Waals surface area (Å²) >= 11 is 0. The molecule has 0 spiro atoms. The molecular weight excluding hydrogens is 284 g/mol. The van der Waals surface area contributed by atoms with Gasteiger partial charge in [-0.3, -0.25) is 9.59 Å². The molecule has 2 fully saturated rings. The number of carboxylic acids is 1. The van der Waals surface area contributed by atoms with Gasteiger partial charge in [-0.25, -0.2) is 4.79 Å². The molecule has 3 rings (SSSR count). The summed E-state index contributed by atoms with van der Waals surface area (Å²) in [6, 6.07) is 5.93. The van der Waals surface area contributed by atoms with Crippen molar-refractivity contribution in [2.45, 2.75) is 37.8 Å². The topological polar surface area (TPSA) is 86.7 Å². The van der Waals surface area contributed by atoms with Crippen LogP contribution in [0.25, 0.3) is 0 Å². The monoisotopic (exact) mass is 302 g/mol. The fourth-order valence-corrected chi connectivity index (χ4v) is 2.69. The largest absolute Gasteiger partial charge is 0.480 e. The number of amides is 2. The molecule has 0 bridgehead atoms. The highest BCUT2D eigenvalue weighted by Crippen LogP contribution is 2.21. The van der Waals surface area contributed by atoms with Crippen LogP contribution in [0.15, 0.2) is 24.3 Å². The van der Waals surface area contributed by atoms with Crippen LogP contribution in [-0.4, -0.2) is 46.4 Å². The summed E-state index contributed by atoms with van der Waals surface area (Å²) in [6.45, 7) is 0.458. The van der Waals surface area contributed by atoms with Crippen LogP contribution < -0.4 is 5.32 Å². The van der Waals surface area contributed by atoms with E-state index in [4.69, 9.17) is 5.11 Å². The van der Waals surface area contributed by atoms with Crippen molar-refractivity contribution in [2.75, 3.05) is 6.54 Å². The molecule has 1 aromatic rings. The highest BCUT2D eigenvalue weighted by Gasteiger charge is 2.34. The Morgan fingerprint density at radius 3 is 2.27 bits per heavy atom. The van der Waals surface area contributed by atoms with E-state index in [2.05, 4.69) is 5.32 Å². The van der Waals surface area contributed by atoms with Crippen molar-refractivity contribution in [1.29, 1.82) is 0 Å². The average Bonchev–Trinajstić information content (AvgIpc) is 3.18. The first-order chi connectivity index (χ1) is 10.6. The Morgan fingerprint density at radius 1 is 1.05 bits per heavy atom. The zero-order valence-corrected chi connectivity index (χ0v) is 12.1. The average molecular weight is 302 g/mol. The highest BCUT2D eigenvalue weighted by molar-refractivity contribution is 5.99. The molecule has 2 aliphatic rings. The van der Waals surface area contributed by atoms with E-state index in [0.29, 0.717) is 30.5 Å². The van der Waals surface area contributed by atoms with E-state index in [-0.39, 0.29) is 17.9 Å². The number of likely N-dealkylation sites (tertiary alicyclic amines) is 1. The van der Waals surface area contributed by atoms with E-state index in [1.165, 1.54) is 4.90 Å². The first-order valence-corrected chi connectivity index (χ1v) is 7.51. The van der Waals surface area contributed by atoms with Crippen molar-refractivity contribution in [3.8, 4) is 0 Å². The third-order valence-electron chi connectivity index (χ3n) is 4.11. The number of nitrogens with zero attached hydrogens (tertiary/aromatic N) is 1. The Kier molecular flexibility index (Phi) is 3.83. The molecule has 0 aromatic heterocycles. The van der Waals surface area contributed by atoms with Crippen LogP contribution in [0.3, 0.4) is 0 Å². The Morgan fingerprint density at radius 2 is 1.68 bits per heavy atom. The molecule has 1 heterocycles. The number of nitrogens with one attached hydrogen (secondary N) is 1. The maximum absolute atomic E-state index is 12.4. The lowest BCUT2D eigenvalue weighted by Gasteiger charge is -2.21. The van der Waals surface area contributed by atoms with Crippen molar-refractivity contribution >= 4 is 17.8 Å². The quantitative estimate of drug-likeness (QED) is 0.877. The van der Waals surface area contributed by atoms with E-state index in [0.717, 1.165) is 12.8 Å². The lowest BCUT2D eigenvalue weighted by molar-refractivity contribution is -0.141. The molecule has 1 atom stereocenters. The molecule has 2 amide bonds. The second-order valence-electron chi connectivity index (χ2n) is 5.82. The minimum Gasteiger partial charge on any atom is -0.480 e. The molecule has 1 aliphatic carbocycles. The van der Waals surface area contributed by atoms with E-state index in [9.17, 15) is 14.4 Å². The van der Waals surface area contributed by atoms with Crippen molar-refractivity contribution in [3.63, 3.8) is 0 Å². The van der Waals surface area contributed by atoms with Gasteiger partial charge < -0.3 is 15.3 Å². The second-order valence-corrected chi connectivity index (χ2v) is 5.82. The minimum absolute atomic E-state index is 0.133. The summed E-state index contributed by atoms with van der Waals surface area (Å²) in [7, 11) is 0. The van der Waals surface area contributed by atoms with E-state index in [1.807, 2.05) is 0 Å². The molecule has 22 heavy (non-hydrogen) atoms. The molecule has 1 saturated heterocycles. The first-order valence-electron chi connectivity index (χ1n) is 7.51. The van der Waals surface area contributed by atoms with Crippen molar-refractivity contribution in [1.82, 2.24) is 10.2 Å². The summed E-state index contributed by atoms with van der Waals surface area (Å²) < 4.78 is 0. The molecule has 1 aliphatic heterocycles. The molecule has 0 radical (unpaired) electrons. The van der Waals surface area contributed by atoms with Crippen molar-refractivity contribution < 1.29 is 19.5 Å². The van der Waals surface area contributed by atoms with Gasteiger partial charge in [-0.05, 0) is 49.9 Å². The van der Waals surface area contributed by atoms with Crippen LogP contribution >= 0.6 is 0 Å². The number of benzene rings is 1. The predicted octanol–water partition coefficient (Wildman–Crippen LogP) is 1.27. The zero-order chi connectivity index (χ0) is 15.7. The maximum atomic E-state index is 12.4. The molecule has 1 saturated carbocycles. The van der Waals surface area contributed by atoms with Gasteiger partial charge in [0.05, 0.1) is 0 Å². The van der Waals surface area contributed by atoms with Crippen LogP contribution in [0, 0.1) is 0 Å². The lowest BCUT2D eigenvalue weighted by atomic mass is 10.1. The summed E-state index contributed by atoms with van der Waals surface area (Å²) in [5, 5.41) is 12.0. The van der Waals surface area contributed by atoms with Gasteiger partial charge in [0, 0.05) is 23.7 Å². The predicted molar refractivity (Wildman–Crippen MR) is 78.6 cm³/mol. The van der Waals surface area contributed by atoms with Crippen LogP contribution in [0.2, 0.25) is 0 Å². The Labute approximate surface area is 128 Å². The molecule has 6 nitrogen and oxygen atoms in total. The van der Waals surface area contributed by atoms with Gasteiger partial charge in [-0.2, -0.15) is 0 Å². The third-order valence-corrected chi connectivity index (χ3v) is 4.11. The number of rotatable bonds is 4. The number of carbonyl (C=O) groups is 3. The molecule has 0 unspecified atom stereocenters. The normalized spacial score (nSPS) is 20.7. The third kappa shape index (κ3) is 2.95. The Bertz CT molecular complexity index is 607. The Hall–Kier alpha value is -2.37. The maximum Gasteiger partial charge on any atom is 0.326 e. The van der Waals surface area contributed by atoms with Gasteiger partial charge in [0.15, 0.2) is 0 Å². The summed E-state index contributed by atoms with van der Waals surface area (Å²) in [5.41, 5.74) is 0.927. The fourth-order valence-electron chi connectivity index (χ4n) is 2.69. The van der Waals surface area contributed by atoms with Crippen LogP contribution in [-0.2, 0) is 4.79 Å². The molecule has 6 heteroatoms. The first kappa shape index (κ1) is 14.6. The van der Waals surface area contributed by atoms with E-state index >= 15 is 0 Å². The smallest absolute Gasteiger partial charge is 0.326 e. The number of hydrogen-bond donors (Lipinski definition) is 2. The van der Waals surface area contributed by atoms with Gasteiger partial charge in [-0.1, -0.05) is 0 Å². The summed E-state index contributed by atoms with van der Waals surface area (Å²) in [4.78, 5) is 36.8. The molecule has 1 aromatic carbocycles. The van der Waals surface area contributed by atoms with Gasteiger partial charge in [-0.15, -0.1) is 0 Å². The lowest BCUT2D eigenvalue weighted by Crippen LogP contribution is -2.40. The van der Waals surface area contributed by atoms with Crippen LogP contribution in [0.1, 0.15) is 46.4 Å². The minimum atomic E-state index is -0.966. The van der Waals surface area contributed by atoms with Gasteiger partial charge in [0.1, 0.15) is 6.04 Å². The van der Waals surface area contributed by atoms with Crippen molar-refractivity contribution in [3.05, 3.63) is 35.4 Å². The number of carboxylic acid groups (broad SMARTS) is 1. The van der Waals surface area contributed by atoms with E-state index < -0.39 is 12.0 Å². The number of hydrogen-bond acceptors (Lipinski definition) is 3. The zero-order valence-electron chi connectivity index (χ0n) is 12.1. The van der Waals surface area contributed by atoms with Gasteiger partial charge in [0.25, 0.3) is 11.8 Å². The van der Waals surface area contributed by atoms with Crippen LogP contribution in [0.5, 0.6) is 0 Å². The summed E-state index contributed by atoms with van der Waals surface area (Å²) in [6.07, 6.45) is 3.23. The summed E-state index contributed by atoms with van der Waals surface area (Å²) in [5.74, 6) is -1.39.